The lowest BCUT2D eigenvalue weighted by atomic mass is 10.4. The van der Waals surface area contributed by atoms with Gasteiger partial charge in [-0.3, -0.25) is 0 Å². The highest BCUT2D eigenvalue weighted by Crippen LogP contribution is 1.78. The van der Waals surface area contributed by atoms with Gasteiger partial charge in [0.2, 0.25) is 0 Å². The fourth-order valence-electron chi connectivity index (χ4n) is 0.305. The number of hydrogen-bond donors (Lipinski definition) is 1. The number of nitrogens with one attached hydrogen (secondary N) is 1. The lowest BCUT2D eigenvalue weighted by Crippen LogP contribution is -1.99. The summed E-state index contributed by atoms with van der Waals surface area (Å²) in [5.41, 5.74) is 0.313. The summed E-state index contributed by atoms with van der Waals surface area (Å²) in [5.74, 6) is -0.0625. The Morgan fingerprint density at radius 3 is 2.00 bits per heavy atom. The lowest BCUT2D eigenvalue weighted by molar-refractivity contribution is -0.301. The fraction of sp³-hybridized carbons (Fsp3) is 0.400. The van der Waals surface area contributed by atoms with Gasteiger partial charge in [0.15, 0.2) is 0 Å². The molecule has 0 aromatic heterocycles. The maximum atomic E-state index is 10.1. The second kappa shape index (κ2) is 2.39. The normalized spacial score (nSPS) is 11.4. The Hall–Kier alpha value is -0.790. The van der Waals surface area contributed by atoms with Gasteiger partial charge in [0, 0.05) is 5.71 Å². The zero-order valence-electron chi connectivity index (χ0n) is 4.49. The van der Waals surface area contributed by atoms with Crippen LogP contribution in [0.4, 0.5) is 0 Å². The van der Waals surface area contributed by atoms with E-state index in [0.717, 1.165) is 0 Å². The van der Waals surface area contributed by atoms with E-state index in [9.17, 15) is 5.11 Å². The van der Waals surface area contributed by atoms with E-state index >= 15 is 0 Å². The molecule has 0 radical (unpaired) electrons. The van der Waals surface area contributed by atoms with E-state index in [4.69, 9.17) is 5.41 Å². The standard InChI is InChI=1S/C5H9NO/c1-4(6)3-5(2)7/h3,6-7H,1-2H3/p-1/b5-3-,6-4?. The third-order valence-corrected chi connectivity index (χ3v) is 0.420. The predicted octanol–water partition coefficient (Wildman–Crippen LogP) is 0.290. The summed E-state index contributed by atoms with van der Waals surface area (Å²) in [6.45, 7) is 3.00. The minimum absolute atomic E-state index is 0.0625. The molecule has 0 aliphatic rings. The van der Waals surface area contributed by atoms with Crippen molar-refractivity contribution in [1.29, 1.82) is 5.41 Å². The monoisotopic (exact) mass is 98.1 g/mol. The molecule has 0 atom stereocenters. The number of hydrogen-bond acceptors (Lipinski definition) is 2. The Kier molecular flexibility index (Phi) is 2.12. The molecule has 0 spiro atoms. The van der Waals surface area contributed by atoms with Crippen LogP contribution < -0.4 is 5.11 Å². The average molecular weight is 98.1 g/mol. The van der Waals surface area contributed by atoms with Crippen LogP contribution in [0, 0.1) is 5.41 Å². The zero-order chi connectivity index (χ0) is 5.86. The predicted molar refractivity (Wildman–Crippen MR) is 27.2 cm³/mol. The Bertz CT molecular complexity index is 101. The van der Waals surface area contributed by atoms with Crippen LogP contribution in [0.15, 0.2) is 11.8 Å². The van der Waals surface area contributed by atoms with Crippen LogP contribution >= 0.6 is 0 Å². The number of allylic oxidation sites excluding steroid dienone is 2. The molecule has 0 aliphatic carbocycles. The minimum Gasteiger partial charge on any atom is -0.876 e. The lowest BCUT2D eigenvalue weighted by Gasteiger charge is -1.99. The first-order valence-corrected chi connectivity index (χ1v) is 2.03. The summed E-state index contributed by atoms with van der Waals surface area (Å²) in [6, 6.07) is 0. The molecule has 0 saturated heterocycles. The molecule has 1 N–H and O–H groups in total. The smallest absolute Gasteiger partial charge is 0.0273 e. The number of rotatable bonds is 1. The first kappa shape index (κ1) is 6.21. The largest absolute Gasteiger partial charge is 0.876 e. The van der Waals surface area contributed by atoms with Crippen LogP contribution in [0.1, 0.15) is 13.8 Å². The van der Waals surface area contributed by atoms with Crippen LogP contribution in [0.2, 0.25) is 0 Å². The van der Waals surface area contributed by atoms with Gasteiger partial charge in [-0.15, -0.1) is 5.76 Å². The summed E-state index contributed by atoms with van der Waals surface area (Å²) >= 11 is 0. The van der Waals surface area contributed by atoms with Gasteiger partial charge in [0.05, 0.1) is 0 Å². The molecule has 0 fully saturated rings. The Labute approximate surface area is 43.0 Å². The molecule has 2 heteroatoms. The third kappa shape index (κ3) is 5.21. The third-order valence-electron chi connectivity index (χ3n) is 0.420. The quantitative estimate of drug-likeness (QED) is 0.372. The van der Waals surface area contributed by atoms with Crippen molar-refractivity contribution in [2.75, 3.05) is 0 Å². The van der Waals surface area contributed by atoms with Crippen molar-refractivity contribution in [2.24, 2.45) is 0 Å². The molecule has 7 heavy (non-hydrogen) atoms. The maximum Gasteiger partial charge on any atom is 0.0273 e. The van der Waals surface area contributed by atoms with Crippen molar-refractivity contribution < 1.29 is 5.11 Å². The Morgan fingerprint density at radius 1 is 1.57 bits per heavy atom. The van der Waals surface area contributed by atoms with Gasteiger partial charge in [-0.1, -0.05) is 13.0 Å². The van der Waals surface area contributed by atoms with Crippen LogP contribution in [0.3, 0.4) is 0 Å². The second-order valence-corrected chi connectivity index (χ2v) is 1.44. The first-order chi connectivity index (χ1) is 3.13. The van der Waals surface area contributed by atoms with Crippen molar-refractivity contribution in [3.63, 3.8) is 0 Å². The van der Waals surface area contributed by atoms with Crippen molar-refractivity contribution in [1.82, 2.24) is 0 Å². The highest BCUT2D eigenvalue weighted by Gasteiger charge is 1.70. The Morgan fingerprint density at radius 2 is 2.00 bits per heavy atom. The molecular formula is C5H8NO-. The van der Waals surface area contributed by atoms with Gasteiger partial charge in [-0.05, 0) is 6.92 Å². The zero-order valence-corrected chi connectivity index (χ0v) is 4.49. The van der Waals surface area contributed by atoms with E-state index < -0.39 is 0 Å². The summed E-state index contributed by atoms with van der Waals surface area (Å²) in [6.07, 6.45) is 1.28. The van der Waals surface area contributed by atoms with Gasteiger partial charge >= 0.3 is 0 Å². The van der Waals surface area contributed by atoms with Crippen LogP contribution in [-0.2, 0) is 0 Å². The molecule has 0 amide bonds. The summed E-state index contributed by atoms with van der Waals surface area (Å²) in [5, 5.41) is 16.8. The molecule has 0 rings (SSSR count). The highest BCUT2D eigenvalue weighted by atomic mass is 16.3. The Balaban J connectivity index is 3.68. The van der Waals surface area contributed by atoms with Crippen molar-refractivity contribution in [3.8, 4) is 0 Å². The van der Waals surface area contributed by atoms with Crippen LogP contribution in [0.25, 0.3) is 0 Å². The van der Waals surface area contributed by atoms with E-state index in [0.29, 0.717) is 5.71 Å². The van der Waals surface area contributed by atoms with Crippen molar-refractivity contribution in [3.05, 3.63) is 11.8 Å². The molecule has 0 unspecified atom stereocenters. The van der Waals surface area contributed by atoms with E-state index in [1.165, 1.54) is 13.0 Å². The topological polar surface area (TPSA) is 46.9 Å². The average Bonchev–Trinajstić information content (AvgIpc) is 1.27. The summed E-state index contributed by atoms with van der Waals surface area (Å²) < 4.78 is 0. The summed E-state index contributed by atoms with van der Waals surface area (Å²) in [7, 11) is 0. The SMILES string of the molecule is CC(=N)/C=C(/C)[O-]. The van der Waals surface area contributed by atoms with Gasteiger partial charge in [0.1, 0.15) is 0 Å². The maximum absolute atomic E-state index is 10.1. The molecule has 0 aromatic rings. The van der Waals surface area contributed by atoms with Crippen molar-refractivity contribution in [2.45, 2.75) is 13.8 Å². The van der Waals surface area contributed by atoms with Crippen LogP contribution in [-0.4, -0.2) is 5.71 Å². The van der Waals surface area contributed by atoms with Gasteiger partial charge in [0.25, 0.3) is 0 Å². The summed E-state index contributed by atoms with van der Waals surface area (Å²) in [4.78, 5) is 0. The highest BCUT2D eigenvalue weighted by molar-refractivity contribution is 5.90. The molecule has 40 valence electrons. The van der Waals surface area contributed by atoms with E-state index in [-0.39, 0.29) is 5.76 Å². The molecule has 0 heterocycles. The van der Waals surface area contributed by atoms with Gasteiger partial charge < -0.3 is 10.5 Å². The van der Waals surface area contributed by atoms with Crippen LogP contribution in [0.5, 0.6) is 0 Å². The van der Waals surface area contributed by atoms with Gasteiger partial charge in [-0.2, -0.15) is 0 Å². The van der Waals surface area contributed by atoms with E-state index in [1.54, 1.807) is 6.92 Å². The van der Waals surface area contributed by atoms with E-state index in [2.05, 4.69) is 0 Å². The van der Waals surface area contributed by atoms with Crippen molar-refractivity contribution >= 4 is 5.71 Å². The van der Waals surface area contributed by atoms with E-state index in [1.807, 2.05) is 0 Å². The molecule has 0 aliphatic heterocycles. The molecular weight excluding hydrogens is 90.1 g/mol. The molecule has 0 aromatic carbocycles. The molecule has 2 nitrogen and oxygen atoms in total. The second-order valence-electron chi connectivity index (χ2n) is 1.44. The minimum atomic E-state index is -0.0625. The fourth-order valence-corrected chi connectivity index (χ4v) is 0.305. The first-order valence-electron chi connectivity index (χ1n) is 2.03. The molecule has 0 bridgehead atoms. The molecule has 0 saturated carbocycles. The van der Waals surface area contributed by atoms with Gasteiger partial charge in [-0.25, -0.2) is 0 Å².